The molecule has 0 spiro atoms. The Kier molecular flexibility index (Phi) is 6.44. The minimum Gasteiger partial charge on any atom is -0.330 e. The van der Waals surface area contributed by atoms with Gasteiger partial charge in [0.25, 0.3) is 0 Å². The highest BCUT2D eigenvalue weighted by molar-refractivity contribution is 5.96. The van der Waals surface area contributed by atoms with Crippen LogP contribution >= 0.6 is 0 Å². The number of nitrogens with zero attached hydrogens (tertiary/aromatic N) is 1. The third-order valence-electron chi connectivity index (χ3n) is 4.78. The SMILES string of the molecule is CCC(CC)C(=O)N1CCCc2cc(CCCCN)ccc21. The van der Waals surface area contributed by atoms with Crippen molar-refractivity contribution in [3.63, 3.8) is 0 Å². The van der Waals surface area contributed by atoms with Crippen LogP contribution in [-0.2, 0) is 17.6 Å². The summed E-state index contributed by atoms with van der Waals surface area (Å²) in [6, 6.07) is 6.65. The number of fused-ring (bicyclic) bond motifs is 1. The minimum absolute atomic E-state index is 0.162. The molecule has 0 saturated carbocycles. The molecule has 0 atom stereocenters. The van der Waals surface area contributed by atoms with Gasteiger partial charge in [0.05, 0.1) is 0 Å². The van der Waals surface area contributed by atoms with E-state index in [0.717, 1.165) is 63.7 Å². The van der Waals surface area contributed by atoms with Crippen molar-refractivity contribution < 1.29 is 4.79 Å². The van der Waals surface area contributed by atoms with Crippen molar-refractivity contribution in [1.29, 1.82) is 0 Å². The van der Waals surface area contributed by atoms with Gasteiger partial charge in [-0.1, -0.05) is 26.0 Å². The van der Waals surface area contributed by atoms with Gasteiger partial charge in [-0.15, -0.1) is 0 Å². The first-order valence-electron chi connectivity index (χ1n) is 8.84. The molecule has 1 aromatic rings. The predicted molar refractivity (Wildman–Crippen MR) is 93.2 cm³/mol. The standard InChI is InChI=1S/C19H30N2O/c1-3-16(4-2)19(22)21-13-7-9-17-14-15(8-5-6-12-20)10-11-18(17)21/h10-11,14,16H,3-9,12-13,20H2,1-2H3. The summed E-state index contributed by atoms with van der Waals surface area (Å²) in [5, 5.41) is 0. The number of rotatable bonds is 7. The second-order valence-electron chi connectivity index (χ2n) is 6.32. The van der Waals surface area contributed by atoms with Crippen molar-refractivity contribution in [3.05, 3.63) is 29.3 Å². The van der Waals surface area contributed by atoms with Gasteiger partial charge in [0.2, 0.25) is 5.91 Å². The summed E-state index contributed by atoms with van der Waals surface area (Å²) < 4.78 is 0. The maximum atomic E-state index is 12.7. The van der Waals surface area contributed by atoms with Crippen LogP contribution in [0.4, 0.5) is 5.69 Å². The van der Waals surface area contributed by atoms with Gasteiger partial charge < -0.3 is 10.6 Å². The van der Waals surface area contributed by atoms with Crippen LogP contribution in [0.5, 0.6) is 0 Å². The maximum Gasteiger partial charge on any atom is 0.230 e. The number of hydrogen-bond donors (Lipinski definition) is 1. The third-order valence-corrected chi connectivity index (χ3v) is 4.78. The molecular formula is C19H30N2O. The smallest absolute Gasteiger partial charge is 0.230 e. The maximum absolute atomic E-state index is 12.7. The fourth-order valence-electron chi connectivity index (χ4n) is 3.37. The zero-order chi connectivity index (χ0) is 15.9. The Hall–Kier alpha value is -1.35. The van der Waals surface area contributed by atoms with E-state index in [1.807, 2.05) is 4.90 Å². The third kappa shape index (κ3) is 3.89. The zero-order valence-electron chi connectivity index (χ0n) is 14.1. The Morgan fingerprint density at radius 2 is 2.05 bits per heavy atom. The molecule has 1 aliphatic rings. The number of amides is 1. The van der Waals surface area contributed by atoms with Gasteiger partial charge in [-0.3, -0.25) is 4.79 Å². The fraction of sp³-hybridized carbons (Fsp3) is 0.632. The predicted octanol–water partition coefficient (Wildman–Crippen LogP) is 3.68. The number of unbranched alkanes of at least 4 members (excludes halogenated alkanes) is 1. The first-order valence-corrected chi connectivity index (χ1v) is 8.84. The van der Waals surface area contributed by atoms with Gasteiger partial charge >= 0.3 is 0 Å². The number of carbonyl (C=O) groups is 1. The summed E-state index contributed by atoms with van der Waals surface area (Å²) in [4.78, 5) is 14.8. The Bertz CT molecular complexity index is 494. The van der Waals surface area contributed by atoms with E-state index in [1.54, 1.807) is 0 Å². The quantitative estimate of drug-likeness (QED) is 0.781. The number of hydrogen-bond acceptors (Lipinski definition) is 2. The van der Waals surface area contributed by atoms with E-state index < -0.39 is 0 Å². The highest BCUT2D eigenvalue weighted by Crippen LogP contribution is 2.30. The molecule has 1 aromatic carbocycles. The van der Waals surface area contributed by atoms with Crippen LogP contribution in [0, 0.1) is 5.92 Å². The summed E-state index contributed by atoms with van der Waals surface area (Å²) in [5.74, 6) is 0.469. The highest BCUT2D eigenvalue weighted by Gasteiger charge is 2.26. The zero-order valence-corrected chi connectivity index (χ0v) is 14.1. The molecule has 122 valence electrons. The van der Waals surface area contributed by atoms with Gasteiger partial charge in [0.1, 0.15) is 0 Å². The molecular weight excluding hydrogens is 272 g/mol. The summed E-state index contributed by atoms with van der Waals surface area (Å²) in [6.07, 6.45) is 7.33. The minimum atomic E-state index is 0.162. The van der Waals surface area contributed by atoms with Crippen LogP contribution in [0.15, 0.2) is 18.2 Å². The first kappa shape index (κ1) is 17.0. The summed E-state index contributed by atoms with van der Waals surface area (Å²) in [7, 11) is 0. The van der Waals surface area contributed by atoms with Crippen LogP contribution in [0.3, 0.4) is 0 Å². The lowest BCUT2D eigenvalue weighted by molar-refractivity contribution is -0.122. The molecule has 0 bridgehead atoms. The second kappa shape index (κ2) is 8.33. The fourth-order valence-corrected chi connectivity index (χ4v) is 3.37. The highest BCUT2D eigenvalue weighted by atomic mass is 16.2. The van der Waals surface area contributed by atoms with Crippen molar-refractivity contribution in [3.8, 4) is 0 Å². The molecule has 2 N–H and O–H groups in total. The van der Waals surface area contributed by atoms with Crippen LogP contribution in [-0.4, -0.2) is 19.0 Å². The lowest BCUT2D eigenvalue weighted by Crippen LogP contribution is -2.39. The van der Waals surface area contributed by atoms with Gasteiger partial charge in [0.15, 0.2) is 0 Å². The monoisotopic (exact) mass is 302 g/mol. The molecule has 0 unspecified atom stereocenters. The normalized spacial score (nSPS) is 14.3. The van der Waals surface area contributed by atoms with Crippen LogP contribution in [0.1, 0.15) is 57.1 Å². The average molecular weight is 302 g/mol. The molecule has 1 aliphatic heterocycles. The number of benzene rings is 1. The van der Waals surface area contributed by atoms with Gasteiger partial charge in [-0.2, -0.15) is 0 Å². The van der Waals surface area contributed by atoms with Crippen molar-refractivity contribution >= 4 is 11.6 Å². The van der Waals surface area contributed by atoms with Crippen molar-refractivity contribution in [1.82, 2.24) is 0 Å². The van der Waals surface area contributed by atoms with Crippen LogP contribution in [0.2, 0.25) is 0 Å². The lowest BCUT2D eigenvalue weighted by Gasteiger charge is -2.32. The molecule has 3 heteroatoms. The number of aryl methyl sites for hydroxylation is 2. The van der Waals surface area contributed by atoms with E-state index in [0.29, 0.717) is 5.91 Å². The Morgan fingerprint density at radius 3 is 2.73 bits per heavy atom. The van der Waals surface area contributed by atoms with E-state index in [-0.39, 0.29) is 5.92 Å². The molecule has 0 radical (unpaired) electrons. The molecule has 2 rings (SSSR count). The number of anilines is 1. The van der Waals surface area contributed by atoms with E-state index in [4.69, 9.17) is 5.73 Å². The molecule has 0 saturated heterocycles. The van der Waals surface area contributed by atoms with Gasteiger partial charge in [-0.25, -0.2) is 0 Å². The largest absolute Gasteiger partial charge is 0.330 e. The van der Waals surface area contributed by atoms with E-state index >= 15 is 0 Å². The molecule has 0 fully saturated rings. The average Bonchev–Trinajstić information content (AvgIpc) is 2.55. The molecule has 1 heterocycles. The Balaban J connectivity index is 2.15. The summed E-state index contributed by atoms with van der Waals surface area (Å²) in [6.45, 7) is 5.85. The second-order valence-corrected chi connectivity index (χ2v) is 6.32. The van der Waals surface area contributed by atoms with E-state index in [1.165, 1.54) is 11.1 Å². The summed E-state index contributed by atoms with van der Waals surface area (Å²) in [5.41, 5.74) is 9.43. The van der Waals surface area contributed by atoms with Crippen molar-refractivity contribution in [2.24, 2.45) is 11.7 Å². The first-order chi connectivity index (χ1) is 10.7. The Morgan fingerprint density at radius 1 is 1.27 bits per heavy atom. The molecule has 1 amide bonds. The van der Waals surface area contributed by atoms with Crippen molar-refractivity contribution in [2.45, 2.75) is 58.8 Å². The molecule has 3 nitrogen and oxygen atoms in total. The lowest BCUT2D eigenvalue weighted by atomic mass is 9.94. The van der Waals surface area contributed by atoms with Gasteiger partial charge in [-0.05, 0) is 68.7 Å². The number of nitrogens with two attached hydrogens (primary N) is 1. The molecule has 22 heavy (non-hydrogen) atoms. The number of carbonyl (C=O) groups excluding carboxylic acids is 1. The Labute approximate surface area is 134 Å². The van der Waals surface area contributed by atoms with Gasteiger partial charge in [0, 0.05) is 18.2 Å². The van der Waals surface area contributed by atoms with E-state index in [9.17, 15) is 4.79 Å². The van der Waals surface area contributed by atoms with Crippen molar-refractivity contribution in [2.75, 3.05) is 18.0 Å². The summed E-state index contributed by atoms with van der Waals surface area (Å²) >= 11 is 0. The van der Waals surface area contributed by atoms with E-state index in [2.05, 4.69) is 32.0 Å². The topological polar surface area (TPSA) is 46.3 Å². The van der Waals surface area contributed by atoms with Crippen LogP contribution in [0.25, 0.3) is 0 Å². The molecule has 0 aromatic heterocycles. The molecule has 0 aliphatic carbocycles. The van der Waals surface area contributed by atoms with Crippen LogP contribution < -0.4 is 10.6 Å².